The molecule has 3 rings (SSSR count). The highest BCUT2D eigenvalue weighted by molar-refractivity contribution is 5.88. The number of oxime groups is 1. The SMILES string of the molecule is Cc1cc(C(C)C)ccc1NC(ON=C1CCC1)=C1CCC1. The van der Waals surface area contributed by atoms with Crippen LogP contribution in [0.1, 0.15) is 69.4 Å². The van der Waals surface area contributed by atoms with Crippen LogP contribution in [0.25, 0.3) is 0 Å². The summed E-state index contributed by atoms with van der Waals surface area (Å²) in [6.07, 6.45) is 6.92. The molecule has 0 spiro atoms. The minimum atomic E-state index is 0.554. The Kier molecular flexibility index (Phi) is 4.51. The number of hydrogen-bond donors (Lipinski definition) is 1. The number of nitrogens with zero attached hydrogens (tertiary/aromatic N) is 1. The normalized spacial score (nSPS) is 16.9. The first kappa shape index (κ1) is 15.1. The van der Waals surface area contributed by atoms with Crippen molar-refractivity contribution in [3.63, 3.8) is 0 Å². The van der Waals surface area contributed by atoms with Gasteiger partial charge < -0.3 is 10.2 Å². The van der Waals surface area contributed by atoms with Crippen LogP contribution in [0.3, 0.4) is 0 Å². The van der Waals surface area contributed by atoms with Crippen LogP contribution in [0.4, 0.5) is 5.69 Å². The Morgan fingerprint density at radius 1 is 1.14 bits per heavy atom. The van der Waals surface area contributed by atoms with E-state index >= 15 is 0 Å². The van der Waals surface area contributed by atoms with Crippen molar-refractivity contribution in [1.29, 1.82) is 0 Å². The Bertz CT molecular complexity index is 602. The molecule has 0 saturated heterocycles. The Balaban J connectivity index is 1.75. The summed E-state index contributed by atoms with van der Waals surface area (Å²) in [5, 5.41) is 7.77. The Labute approximate surface area is 133 Å². The maximum absolute atomic E-state index is 5.74. The smallest absolute Gasteiger partial charge is 0.226 e. The van der Waals surface area contributed by atoms with E-state index in [9.17, 15) is 0 Å². The van der Waals surface area contributed by atoms with Crippen LogP contribution < -0.4 is 5.32 Å². The van der Waals surface area contributed by atoms with Crippen molar-refractivity contribution in [2.45, 2.75) is 65.2 Å². The van der Waals surface area contributed by atoms with Crippen molar-refractivity contribution in [2.75, 3.05) is 5.32 Å². The van der Waals surface area contributed by atoms with Gasteiger partial charge in [-0.2, -0.15) is 0 Å². The fourth-order valence-corrected chi connectivity index (χ4v) is 2.60. The lowest BCUT2D eigenvalue weighted by molar-refractivity contribution is 0.219. The standard InChI is InChI=1S/C19H26N2O/c1-13(2)16-10-11-18(14(3)12-16)20-19(15-6-4-7-15)22-21-17-8-5-9-17/h10-13,20H,4-9H2,1-3H3. The van der Waals surface area contributed by atoms with Gasteiger partial charge in [0.25, 0.3) is 0 Å². The summed E-state index contributed by atoms with van der Waals surface area (Å²) in [7, 11) is 0. The molecular weight excluding hydrogens is 272 g/mol. The molecule has 0 unspecified atom stereocenters. The molecule has 2 aliphatic carbocycles. The van der Waals surface area contributed by atoms with Crippen LogP contribution in [0.5, 0.6) is 0 Å². The zero-order chi connectivity index (χ0) is 15.5. The lowest BCUT2D eigenvalue weighted by Crippen LogP contribution is -2.14. The molecule has 2 fully saturated rings. The molecule has 22 heavy (non-hydrogen) atoms. The van der Waals surface area contributed by atoms with Crippen LogP contribution in [-0.2, 0) is 4.84 Å². The Morgan fingerprint density at radius 3 is 2.36 bits per heavy atom. The maximum atomic E-state index is 5.74. The van der Waals surface area contributed by atoms with Crippen molar-refractivity contribution in [3.05, 3.63) is 40.8 Å². The maximum Gasteiger partial charge on any atom is 0.226 e. The lowest BCUT2D eigenvalue weighted by Gasteiger charge is -2.23. The second-order valence-corrected chi connectivity index (χ2v) is 6.74. The fourth-order valence-electron chi connectivity index (χ4n) is 2.60. The molecule has 1 N–H and O–H groups in total. The number of aryl methyl sites for hydroxylation is 1. The average molecular weight is 298 g/mol. The first-order chi connectivity index (χ1) is 10.6. The van der Waals surface area contributed by atoms with Gasteiger partial charge in [-0.25, -0.2) is 0 Å². The van der Waals surface area contributed by atoms with Gasteiger partial charge in [-0.1, -0.05) is 31.1 Å². The zero-order valence-electron chi connectivity index (χ0n) is 13.9. The van der Waals surface area contributed by atoms with E-state index in [0.29, 0.717) is 5.92 Å². The summed E-state index contributed by atoms with van der Waals surface area (Å²) in [4.78, 5) is 5.74. The predicted octanol–water partition coefficient (Wildman–Crippen LogP) is 5.48. The van der Waals surface area contributed by atoms with E-state index in [1.54, 1.807) is 0 Å². The third-order valence-electron chi connectivity index (χ3n) is 4.64. The second-order valence-electron chi connectivity index (χ2n) is 6.74. The van der Waals surface area contributed by atoms with Crippen LogP contribution in [0, 0.1) is 6.92 Å². The molecule has 0 heterocycles. The summed E-state index contributed by atoms with van der Waals surface area (Å²) < 4.78 is 0. The van der Waals surface area contributed by atoms with Gasteiger partial charge in [0.1, 0.15) is 0 Å². The monoisotopic (exact) mass is 298 g/mol. The topological polar surface area (TPSA) is 33.6 Å². The Morgan fingerprint density at radius 2 is 1.86 bits per heavy atom. The molecular formula is C19H26N2O. The molecule has 118 valence electrons. The van der Waals surface area contributed by atoms with Gasteiger partial charge in [-0.3, -0.25) is 0 Å². The number of anilines is 1. The first-order valence-corrected chi connectivity index (χ1v) is 8.46. The van der Waals surface area contributed by atoms with Crippen LogP contribution in [0.2, 0.25) is 0 Å². The number of hydrogen-bond acceptors (Lipinski definition) is 3. The molecule has 3 nitrogen and oxygen atoms in total. The summed E-state index contributed by atoms with van der Waals surface area (Å²) in [5.41, 5.74) is 6.29. The van der Waals surface area contributed by atoms with Gasteiger partial charge in [-0.15, -0.1) is 0 Å². The quantitative estimate of drug-likeness (QED) is 0.576. The summed E-state index contributed by atoms with van der Waals surface area (Å²) in [6.45, 7) is 6.60. The third-order valence-corrected chi connectivity index (χ3v) is 4.64. The van der Waals surface area contributed by atoms with E-state index < -0.39 is 0 Å². The van der Waals surface area contributed by atoms with Gasteiger partial charge in [-0.05, 0) is 74.1 Å². The molecule has 0 aliphatic heterocycles. The number of benzene rings is 1. The third kappa shape index (κ3) is 3.34. The number of nitrogens with one attached hydrogen (secondary N) is 1. The molecule has 1 aromatic carbocycles. The van der Waals surface area contributed by atoms with Gasteiger partial charge in [0.2, 0.25) is 5.88 Å². The summed E-state index contributed by atoms with van der Waals surface area (Å²) >= 11 is 0. The van der Waals surface area contributed by atoms with E-state index in [2.05, 4.69) is 49.4 Å². The molecule has 2 saturated carbocycles. The minimum absolute atomic E-state index is 0.554. The van der Waals surface area contributed by atoms with Crippen LogP contribution >= 0.6 is 0 Å². The van der Waals surface area contributed by atoms with Gasteiger partial charge in [0.15, 0.2) is 0 Å². The average Bonchev–Trinajstić information content (AvgIpc) is 2.36. The van der Waals surface area contributed by atoms with Crippen LogP contribution in [0.15, 0.2) is 34.8 Å². The molecule has 0 bridgehead atoms. The van der Waals surface area contributed by atoms with Crippen molar-refractivity contribution < 1.29 is 4.84 Å². The lowest BCUT2D eigenvalue weighted by atomic mass is 9.92. The molecule has 1 aromatic rings. The first-order valence-electron chi connectivity index (χ1n) is 8.46. The highest BCUT2D eigenvalue weighted by atomic mass is 16.6. The van der Waals surface area contributed by atoms with E-state index in [-0.39, 0.29) is 0 Å². The van der Waals surface area contributed by atoms with Crippen molar-refractivity contribution in [1.82, 2.24) is 0 Å². The summed E-state index contributed by atoms with van der Waals surface area (Å²) in [6, 6.07) is 6.61. The van der Waals surface area contributed by atoms with Gasteiger partial charge in [0, 0.05) is 5.69 Å². The highest BCUT2D eigenvalue weighted by Crippen LogP contribution is 2.31. The molecule has 0 aromatic heterocycles. The molecule has 2 aliphatic rings. The predicted molar refractivity (Wildman–Crippen MR) is 92.1 cm³/mol. The van der Waals surface area contributed by atoms with E-state index in [1.165, 1.54) is 35.3 Å². The molecule has 0 atom stereocenters. The molecule has 0 amide bonds. The Hall–Kier alpha value is -1.77. The van der Waals surface area contributed by atoms with E-state index in [4.69, 9.17) is 4.84 Å². The molecule has 0 radical (unpaired) electrons. The fraction of sp³-hybridized carbons (Fsp3) is 0.526. The molecule has 3 heteroatoms. The van der Waals surface area contributed by atoms with Crippen LogP contribution in [-0.4, -0.2) is 5.71 Å². The number of allylic oxidation sites excluding steroid dienone is 1. The van der Waals surface area contributed by atoms with E-state index in [0.717, 1.165) is 37.3 Å². The second kappa shape index (κ2) is 6.55. The van der Waals surface area contributed by atoms with E-state index in [1.807, 2.05) is 0 Å². The summed E-state index contributed by atoms with van der Waals surface area (Å²) in [5.74, 6) is 1.41. The highest BCUT2D eigenvalue weighted by Gasteiger charge is 2.19. The largest absolute Gasteiger partial charge is 0.339 e. The minimum Gasteiger partial charge on any atom is -0.339 e. The number of rotatable bonds is 5. The van der Waals surface area contributed by atoms with Crippen molar-refractivity contribution >= 4 is 11.4 Å². The van der Waals surface area contributed by atoms with Crippen molar-refractivity contribution in [3.8, 4) is 0 Å². The zero-order valence-corrected chi connectivity index (χ0v) is 13.9. The van der Waals surface area contributed by atoms with Gasteiger partial charge in [0.05, 0.1) is 5.71 Å². The van der Waals surface area contributed by atoms with Gasteiger partial charge >= 0.3 is 0 Å². The van der Waals surface area contributed by atoms with Crippen molar-refractivity contribution in [2.24, 2.45) is 5.16 Å².